The normalized spacial score (nSPS) is 12.1. The van der Waals surface area contributed by atoms with Gasteiger partial charge in [0.25, 0.3) is 0 Å². The van der Waals surface area contributed by atoms with Crippen LogP contribution in [-0.2, 0) is 6.61 Å². The average molecular weight is 177 g/mol. The summed E-state index contributed by atoms with van der Waals surface area (Å²) in [5, 5.41) is 17.4. The number of rotatable bonds is 3. The van der Waals surface area contributed by atoms with Crippen LogP contribution in [0.3, 0.4) is 0 Å². The Kier molecular flexibility index (Phi) is 3.38. The summed E-state index contributed by atoms with van der Waals surface area (Å²) in [5.41, 5.74) is 7.00. The van der Waals surface area contributed by atoms with E-state index < -0.39 is 0 Å². The van der Waals surface area contributed by atoms with Crippen molar-refractivity contribution in [2.24, 2.45) is 5.73 Å². The van der Waals surface area contributed by atoms with Crippen LogP contribution in [-0.4, -0.2) is 10.1 Å². The quantitative estimate of drug-likeness (QED) is 0.703. The fraction of sp³-hybridized carbons (Fsp3) is 0.333. The van der Waals surface area contributed by atoms with Gasteiger partial charge in [-0.1, -0.05) is 6.07 Å². The van der Waals surface area contributed by atoms with Crippen molar-refractivity contribution in [2.45, 2.75) is 19.1 Å². The van der Waals surface area contributed by atoms with Crippen LogP contribution in [0.2, 0.25) is 0 Å². The third-order valence-corrected chi connectivity index (χ3v) is 1.79. The zero-order valence-corrected chi connectivity index (χ0v) is 7.14. The van der Waals surface area contributed by atoms with Gasteiger partial charge in [0.1, 0.15) is 0 Å². The van der Waals surface area contributed by atoms with E-state index in [0.717, 1.165) is 5.56 Å². The molecular formula is C9H11N3O. The molecule has 0 aliphatic rings. The highest BCUT2D eigenvalue weighted by atomic mass is 16.3. The molecule has 4 nitrogen and oxygen atoms in total. The number of hydrogen-bond donors (Lipinski definition) is 2. The lowest BCUT2D eigenvalue weighted by atomic mass is 10.0. The van der Waals surface area contributed by atoms with Gasteiger partial charge in [-0.2, -0.15) is 5.26 Å². The standard InChI is InChI=1S/C9H11N3O/c10-4-3-8(11)7-2-1-5-12-9(7)6-13/h1-2,5,8,13H,3,6,11H2. The van der Waals surface area contributed by atoms with Crippen molar-refractivity contribution in [1.82, 2.24) is 4.98 Å². The molecule has 68 valence electrons. The van der Waals surface area contributed by atoms with E-state index in [1.807, 2.05) is 6.07 Å². The van der Waals surface area contributed by atoms with Crippen molar-refractivity contribution < 1.29 is 5.11 Å². The first kappa shape index (κ1) is 9.65. The molecule has 1 aromatic heterocycles. The SMILES string of the molecule is N#CCC(N)c1cccnc1CO. The third kappa shape index (κ3) is 2.25. The van der Waals surface area contributed by atoms with E-state index in [0.29, 0.717) is 5.69 Å². The average Bonchev–Trinajstić information content (AvgIpc) is 2.18. The summed E-state index contributed by atoms with van der Waals surface area (Å²) in [6, 6.07) is 5.14. The van der Waals surface area contributed by atoms with Crippen LogP contribution < -0.4 is 5.73 Å². The van der Waals surface area contributed by atoms with Crippen LogP contribution in [0.25, 0.3) is 0 Å². The first-order valence-electron chi connectivity index (χ1n) is 3.96. The Morgan fingerprint density at radius 1 is 1.69 bits per heavy atom. The summed E-state index contributed by atoms with van der Waals surface area (Å²) < 4.78 is 0. The molecule has 0 saturated carbocycles. The van der Waals surface area contributed by atoms with Gasteiger partial charge in [-0.3, -0.25) is 4.98 Å². The van der Waals surface area contributed by atoms with E-state index in [9.17, 15) is 0 Å². The molecule has 1 rings (SSSR count). The lowest BCUT2D eigenvalue weighted by Gasteiger charge is -2.10. The van der Waals surface area contributed by atoms with Crippen molar-refractivity contribution in [1.29, 1.82) is 5.26 Å². The second-order valence-electron chi connectivity index (χ2n) is 2.67. The largest absolute Gasteiger partial charge is 0.390 e. The lowest BCUT2D eigenvalue weighted by Crippen LogP contribution is -2.12. The number of aromatic nitrogens is 1. The number of aliphatic hydroxyl groups is 1. The van der Waals surface area contributed by atoms with Crippen molar-refractivity contribution in [3.8, 4) is 6.07 Å². The topological polar surface area (TPSA) is 82.9 Å². The van der Waals surface area contributed by atoms with E-state index in [2.05, 4.69) is 4.98 Å². The fourth-order valence-electron chi connectivity index (χ4n) is 1.13. The smallest absolute Gasteiger partial charge is 0.0856 e. The Labute approximate surface area is 76.6 Å². The molecule has 1 heterocycles. The summed E-state index contributed by atoms with van der Waals surface area (Å²) in [6.07, 6.45) is 1.83. The maximum atomic E-state index is 8.93. The molecule has 0 aromatic carbocycles. The van der Waals surface area contributed by atoms with Crippen LogP contribution in [0.4, 0.5) is 0 Å². The molecule has 0 fully saturated rings. The van der Waals surface area contributed by atoms with Gasteiger partial charge in [-0.05, 0) is 11.6 Å². The first-order chi connectivity index (χ1) is 6.29. The summed E-state index contributed by atoms with van der Waals surface area (Å²) in [5.74, 6) is 0. The minimum Gasteiger partial charge on any atom is -0.390 e. The second-order valence-corrected chi connectivity index (χ2v) is 2.67. The van der Waals surface area contributed by atoms with Crippen LogP contribution in [0, 0.1) is 11.3 Å². The van der Waals surface area contributed by atoms with Crippen molar-refractivity contribution in [2.75, 3.05) is 0 Å². The molecule has 1 aromatic rings. The van der Waals surface area contributed by atoms with Crippen LogP contribution in [0.5, 0.6) is 0 Å². The highest BCUT2D eigenvalue weighted by Crippen LogP contribution is 2.16. The molecule has 3 N–H and O–H groups in total. The Morgan fingerprint density at radius 3 is 3.08 bits per heavy atom. The zero-order chi connectivity index (χ0) is 9.68. The summed E-state index contributed by atoms with van der Waals surface area (Å²) in [6.45, 7) is -0.144. The van der Waals surface area contributed by atoms with Crippen molar-refractivity contribution in [3.63, 3.8) is 0 Å². The minimum absolute atomic E-state index is 0.144. The van der Waals surface area contributed by atoms with Gasteiger partial charge in [0.15, 0.2) is 0 Å². The maximum absolute atomic E-state index is 8.93. The number of nitrogens with two attached hydrogens (primary N) is 1. The third-order valence-electron chi connectivity index (χ3n) is 1.79. The van der Waals surface area contributed by atoms with Gasteiger partial charge in [-0.25, -0.2) is 0 Å². The molecule has 0 radical (unpaired) electrons. The molecule has 0 aliphatic heterocycles. The first-order valence-corrected chi connectivity index (χ1v) is 3.96. The molecule has 0 spiro atoms. The van der Waals surface area contributed by atoms with E-state index in [1.54, 1.807) is 18.3 Å². The maximum Gasteiger partial charge on any atom is 0.0856 e. The van der Waals surface area contributed by atoms with Crippen molar-refractivity contribution >= 4 is 0 Å². The van der Waals surface area contributed by atoms with Crippen LogP contribution in [0.15, 0.2) is 18.3 Å². The molecule has 1 unspecified atom stereocenters. The molecule has 0 amide bonds. The van der Waals surface area contributed by atoms with Crippen LogP contribution >= 0.6 is 0 Å². The molecule has 0 bridgehead atoms. The number of hydrogen-bond acceptors (Lipinski definition) is 4. The summed E-state index contributed by atoms with van der Waals surface area (Å²) >= 11 is 0. The molecule has 4 heteroatoms. The molecule has 0 saturated heterocycles. The highest BCUT2D eigenvalue weighted by Gasteiger charge is 2.10. The predicted octanol–water partition coefficient (Wildman–Crippen LogP) is 0.487. The van der Waals surface area contributed by atoms with Gasteiger partial charge in [-0.15, -0.1) is 0 Å². The summed E-state index contributed by atoms with van der Waals surface area (Å²) in [7, 11) is 0. The Bertz CT molecular complexity index is 319. The van der Waals surface area contributed by atoms with E-state index in [4.69, 9.17) is 16.1 Å². The molecule has 13 heavy (non-hydrogen) atoms. The van der Waals surface area contributed by atoms with Gasteiger partial charge >= 0.3 is 0 Å². The van der Waals surface area contributed by atoms with Gasteiger partial charge in [0.05, 0.1) is 24.8 Å². The Balaban J connectivity index is 2.93. The Morgan fingerprint density at radius 2 is 2.46 bits per heavy atom. The summed E-state index contributed by atoms with van der Waals surface area (Å²) in [4.78, 5) is 3.96. The number of pyridine rings is 1. The monoisotopic (exact) mass is 177 g/mol. The number of aliphatic hydroxyl groups excluding tert-OH is 1. The molecule has 0 aliphatic carbocycles. The van der Waals surface area contributed by atoms with E-state index in [1.165, 1.54) is 0 Å². The molecular weight excluding hydrogens is 166 g/mol. The van der Waals surface area contributed by atoms with E-state index >= 15 is 0 Å². The van der Waals surface area contributed by atoms with Gasteiger partial charge in [0, 0.05) is 12.2 Å². The molecule has 1 atom stereocenters. The van der Waals surface area contributed by atoms with Gasteiger partial charge < -0.3 is 10.8 Å². The number of nitriles is 1. The van der Waals surface area contributed by atoms with Gasteiger partial charge in [0.2, 0.25) is 0 Å². The highest BCUT2D eigenvalue weighted by molar-refractivity contribution is 5.23. The Hall–Kier alpha value is -1.44. The zero-order valence-electron chi connectivity index (χ0n) is 7.14. The second kappa shape index (κ2) is 4.55. The predicted molar refractivity (Wildman–Crippen MR) is 47.3 cm³/mol. The minimum atomic E-state index is -0.360. The lowest BCUT2D eigenvalue weighted by molar-refractivity contribution is 0.274. The fourth-order valence-corrected chi connectivity index (χ4v) is 1.13. The van der Waals surface area contributed by atoms with Crippen LogP contribution in [0.1, 0.15) is 23.7 Å². The number of nitrogens with zero attached hydrogens (tertiary/aromatic N) is 2. The van der Waals surface area contributed by atoms with E-state index in [-0.39, 0.29) is 19.1 Å². The van der Waals surface area contributed by atoms with Crippen molar-refractivity contribution in [3.05, 3.63) is 29.6 Å².